The molecular formula is C4H6N4O10. The van der Waals surface area contributed by atoms with Crippen molar-refractivity contribution < 1.29 is 29.4 Å². The van der Waals surface area contributed by atoms with E-state index in [9.17, 15) is 40.5 Å². The SMILES string of the molecule is CC(OCC([N+](=O)[O-])([N+](=O)[O-])[N+](=O)[O-])O[N+](=O)[O-]. The molecule has 0 saturated heterocycles. The third kappa shape index (κ3) is 3.17. The van der Waals surface area contributed by atoms with Crippen LogP contribution in [0.4, 0.5) is 0 Å². The van der Waals surface area contributed by atoms with E-state index in [1.54, 1.807) is 0 Å². The van der Waals surface area contributed by atoms with Crippen molar-refractivity contribution in [2.24, 2.45) is 0 Å². The molecule has 0 aromatic rings. The van der Waals surface area contributed by atoms with E-state index in [4.69, 9.17) is 0 Å². The molecule has 0 heterocycles. The minimum atomic E-state index is -3.84. The fourth-order valence-corrected chi connectivity index (χ4v) is 0.739. The Kier molecular flexibility index (Phi) is 4.79. The quantitative estimate of drug-likeness (QED) is 0.301. The molecule has 0 rings (SSSR count). The van der Waals surface area contributed by atoms with Crippen LogP contribution in [-0.2, 0) is 9.57 Å². The Morgan fingerprint density at radius 2 is 1.39 bits per heavy atom. The Balaban J connectivity index is 4.93. The van der Waals surface area contributed by atoms with Gasteiger partial charge >= 0.3 is 5.79 Å². The van der Waals surface area contributed by atoms with Crippen LogP contribution in [-0.4, -0.2) is 38.5 Å². The lowest BCUT2D eigenvalue weighted by atomic mass is 10.4. The monoisotopic (exact) mass is 270 g/mol. The molecule has 0 aliphatic rings. The van der Waals surface area contributed by atoms with Crippen LogP contribution >= 0.6 is 0 Å². The predicted octanol–water partition coefficient (Wildman–Crippen LogP) is -0.959. The molecule has 0 aliphatic carbocycles. The fourth-order valence-electron chi connectivity index (χ4n) is 0.739. The first-order valence-electron chi connectivity index (χ1n) is 4.00. The van der Waals surface area contributed by atoms with Crippen molar-refractivity contribution in [1.82, 2.24) is 0 Å². The van der Waals surface area contributed by atoms with Gasteiger partial charge in [-0.25, -0.2) is 0 Å². The molecule has 1 unspecified atom stereocenters. The molecule has 0 radical (unpaired) electrons. The molecule has 102 valence electrons. The average Bonchev–Trinajstić information content (AvgIpc) is 2.15. The van der Waals surface area contributed by atoms with Crippen LogP contribution in [0.5, 0.6) is 0 Å². The molecule has 0 aromatic carbocycles. The molecule has 0 aromatic heterocycles. The summed E-state index contributed by atoms with van der Waals surface area (Å²) < 4.78 is 4.21. The summed E-state index contributed by atoms with van der Waals surface area (Å²) in [5.41, 5.74) is 0. The van der Waals surface area contributed by atoms with E-state index in [0.29, 0.717) is 0 Å². The highest BCUT2D eigenvalue weighted by Crippen LogP contribution is 2.14. The van der Waals surface area contributed by atoms with Gasteiger partial charge in [0.15, 0.2) is 14.8 Å². The summed E-state index contributed by atoms with van der Waals surface area (Å²) in [4.78, 5) is 39.5. The number of hydrogen-bond acceptors (Lipinski definition) is 10. The van der Waals surface area contributed by atoms with Crippen LogP contribution in [0, 0.1) is 40.5 Å². The van der Waals surface area contributed by atoms with Crippen molar-refractivity contribution in [3.05, 3.63) is 40.5 Å². The van der Waals surface area contributed by atoms with Gasteiger partial charge in [-0.2, -0.15) is 0 Å². The maximum absolute atomic E-state index is 10.4. The molecule has 0 bridgehead atoms. The third-order valence-electron chi connectivity index (χ3n) is 1.62. The smallest absolute Gasteiger partial charge is 0.330 e. The van der Waals surface area contributed by atoms with Crippen LogP contribution in [0.2, 0.25) is 0 Å². The Morgan fingerprint density at radius 3 is 1.67 bits per heavy atom. The van der Waals surface area contributed by atoms with Gasteiger partial charge in [-0.3, -0.25) is 35.2 Å². The van der Waals surface area contributed by atoms with Gasteiger partial charge in [0.2, 0.25) is 6.29 Å². The first kappa shape index (κ1) is 15.4. The molecule has 1 atom stereocenters. The van der Waals surface area contributed by atoms with Gasteiger partial charge in [0.1, 0.15) is 0 Å². The van der Waals surface area contributed by atoms with Crippen molar-refractivity contribution in [3.63, 3.8) is 0 Å². The van der Waals surface area contributed by atoms with E-state index in [1.807, 2.05) is 0 Å². The molecule has 14 heteroatoms. The lowest BCUT2D eigenvalue weighted by Gasteiger charge is -2.12. The Bertz CT molecular complexity index is 344. The van der Waals surface area contributed by atoms with Crippen molar-refractivity contribution in [2.45, 2.75) is 19.0 Å². The largest absolute Gasteiger partial charge is 0.723 e. The van der Waals surface area contributed by atoms with E-state index in [2.05, 4.69) is 9.57 Å². The fraction of sp³-hybridized carbons (Fsp3) is 1.00. The van der Waals surface area contributed by atoms with Crippen LogP contribution < -0.4 is 0 Å². The second-order valence-corrected chi connectivity index (χ2v) is 2.75. The molecule has 0 aliphatic heterocycles. The lowest BCUT2D eigenvalue weighted by Crippen LogP contribution is -2.57. The highest BCUT2D eigenvalue weighted by atomic mass is 17.0. The van der Waals surface area contributed by atoms with Crippen LogP contribution in [0.3, 0.4) is 0 Å². The Labute approximate surface area is 96.6 Å². The van der Waals surface area contributed by atoms with Gasteiger partial charge in [0.25, 0.3) is 11.7 Å². The van der Waals surface area contributed by atoms with E-state index in [1.165, 1.54) is 0 Å². The molecule has 0 spiro atoms. The van der Waals surface area contributed by atoms with Crippen molar-refractivity contribution >= 4 is 0 Å². The summed E-state index contributed by atoms with van der Waals surface area (Å²) in [5.74, 6) is -3.84. The Hall–Kier alpha value is -2.64. The summed E-state index contributed by atoms with van der Waals surface area (Å²) in [6.45, 7) is -0.748. The van der Waals surface area contributed by atoms with Gasteiger partial charge in [-0.05, 0) is 6.92 Å². The average molecular weight is 270 g/mol. The van der Waals surface area contributed by atoms with Gasteiger partial charge in [-0.1, -0.05) is 0 Å². The predicted molar refractivity (Wildman–Crippen MR) is 47.2 cm³/mol. The molecule has 18 heavy (non-hydrogen) atoms. The van der Waals surface area contributed by atoms with Gasteiger partial charge in [0, 0.05) is 0 Å². The molecule has 0 amide bonds. The van der Waals surface area contributed by atoms with Crippen LogP contribution in [0.15, 0.2) is 0 Å². The van der Waals surface area contributed by atoms with Crippen molar-refractivity contribution in [3.8, 4) is 0 Å². The maximum Gasteiger partial charge on any atom is 0.723 e. The van der Waals surface area contributed by atoms with E-state index < -0.39 is 38.5 Å². The normalized spacial score (nSPS) is 12.5. The van der Waals surface area contributed by atoms with Crippen LogP contribution in [0.25, 0.3) is 0 Å². The molecular weight excluding hydrogens is 264 g/mol. The first-order chi connectivity index (χ1) is 8.14. The lowest BCUT2D eigenvalue weighted by molar-refractivity contribution is -0.971. The number of hydrogen-bond donors (Lipinski definition) is 0. The molecule has 0 fully saturated rings. The van der Waals surface area contributed by atoms with Crippen molar-refractivity contribution in [1.29, 1.82) is 0 Å². The zero-order valence-electron chi connectivity index (χ0n) is 8.66. The second-order valence-electron chi connectivity index (χ2n) is 2.75. The highest BCUT2D eigenvalue weighted by Gasteiger charge is 2.71. The van der Waals surface area contributed by atoms with Crippen LogP contribution in [0.1, 0.15) is 6.92 Å². The Morgan fingerprint density at radius 1 is 1.00 bits per heavy atom. The summed E-state index contributed by atoms with van der Waals surface area (Å²) in [6.07, 6.45) is -1.74. The molecule has 0 N–H and O–H groups in total. The number of rotatable bonds is 8. The van der Waals surface area contributed by atoms with Gasteiger partial charge in [-0.15, -0.1) is 10.1 Å². The first-order valence-corrected chi connectivity index (χ1v) is 4.00. The summed E-state index contributed by atoms with van der Waals surface area (Å²) in [6, 6.07) is 0. The van der Waals surface area contributed by atoms with E-state index in [0.717, 1.165) is 6.92 Å². The number of ether oxygens (including phenoxy) is 1. The maximum atomic E-state index is 10.4. The molecule has 0 saturated carbocycles. The minimum Gasteiger partial charge on any atom is -0.330 e. The van der Waals surface area contributed by atoms with Crippen molar-refractivity contribution in [2.75, 3.05) is 6.61 Å². The zero-order valence-corrected chi connectivity index (χ0v) is 8.66. The van der Waals surface area contributed by atoms with Gasteiger partial charge in [0.05, 0.1) is 0 Å². The standard InChI is InChI=1S/C4H6N4O10/c1-3(18-8(15)16)17-2-4(5(9)10,6(11)12)7(13)14/h3H,2H2,1H3. The van der Waals surface area contributed by atoms with E-state index >= 15 is 0 Å². The van der Waals surface area contributed by atoms with E-state index in [-0.39, 0.29) is 0 Å². The van der Waals surface area contributed by atoms with Gasteiger partial charge < -0.3 is 4.74 Å². The summed E-state index contributed by atoms with van der Waals surface area (Å²) >= 11 is 0. The summed E-state index contributed by atoms with van der Waals surface area (Å²) in [7, 11) is 0. The second kappa shape index (κ2) is 5.62. The summed E-state index contributed by atoms with van der Waals surface area (Å²) in [5, 5.41) is 39.7. The topological polar surface area (TPSA) is 191 Å². The highest BCUT2D eigenvalue weighted by molar-refractivity contribution is 4.51. The third-order valence-corrected chi connectivity index (χ3v) is 1.62. The number of nitrogens with zero attached hydrogens (tertiary/aromatic N) is 4. The minimum absolute atomic E-state index is 0.882. The zero-order chi connectivity index (χ0) is 14.5. The number of nitro groups is 3. The molecule has 14 nitrogen and oxygen atoms in total.